The fourth-order valence-corrected chi connectivity index (χ4v) is 1.61. The van der Waals surface area contributed by atoms with Gasteiger partial charge in [0.25, 0.3) is 0 Å². The summed E-state index contributed by atoms with van der Waals surface area (Å²) in [6.45, 7) is 7.04. The fourth-order valence-electron chi connectivity index (χ4n) is 1.61. The maximum atomic E-state index is 10.8. The fraction of sp³-hybridized carbons (Fsp3) is 0.385. The second kappa shape index (κ2) is 4.42. The molecule has 0 aliphatic heterocycles. The smallest absolute Gasteiger partial charge is 0.356 e. The molecule has 2 N–H and O–H groups in total. The summed E-state index contributed by atoms with van der Waals surface area (Å²) < 4.78 is 1.74. The number of rotatable bonds is 3. The average Bonchev–Trinajstić information content (AvgIpc) is 2.68. The Kier molecular flexibility index (Phi) is 3.09. The predicted molar refractivity (Wildman–Crippen MR) is 68.7 cm³/mol. The number of fused-ring (bicyclic) bond motifs is 1. The van der Waals surface area contributed by atoms with Gasteiger partial charge in [-0.25, -0.2) is 9.78 Å². The van der Waals surface area contributed by atoms with E-state index in [-0.39, 0.29) is 11.2 Å². The van der Waals surface area contributed by atoms with Gasteiger partial charge in [0.15, 0.2) is 5.69 Å². The van der Waals surface area contributed by atoms with Crippen LogP contribution in [0.4, 0.5) is 0 Å². The minimum absolute atomic E-state index is 0.0517. The van der Waals surface area contributed by atoms with Crippen LogP contribution in [0.25, 0.3) is 5.65 Å². The van der Waals surface area contributed by atoms with Crippen LogP contribution in [-0.2, 0) is 6.54 Å². The molecule has 2 aromatic rings. The van der Waals surface area contributed by atoms with Gasteiger partial charge in [-0.15, -0.1) is 0 Å². The molecule has 5 heteroatoms. The highest BCUT2D eigenvalue weighted by Crippen LogP contribution is 2.09. The maximum Gasteiger partial charge on any atom is 0.356 e. The van der Waals surface area contributed by atoms with Crippen LogP contribution in [0, 0.1) is 0 Å². The highest BCUT2D eigenvalue weighted by atomic mass is 16.4. The largest absolute Gasteiger partial charge is 0.476 e. The molecular weight excluding hydrogens is 230 g/mol. The van der Waals surface area contributed by atoms with Gasteiger partial charge in [-0.2, -0.15) is 0 Å². The van der Waals surface area contributed by atoms with Crippen LogP contribution in [0.2, 0.25) is 0 Å². The molecule has 0 atom stereocenters. The molecule has 0 radical (unpaired) electrons. The number of aromatic carboxylic acids is 1. The molecule has 18 heavy (non-hydrogen) atoms. The van der Waals surface area contributed by atoms with Crippen molar-refractivity contribution in [3.8, 4) is 0 Å². The minimum atomic E-state index is -1.01. The van der Waals surface area contributed by atoms with Gasteiger partial charge in [-0.1, -0.05) is 6.07 Å². The first kappa shape index (κ1) is 12.6. The molecule has 0 spiro atoms. The van der Waals surface area contributed by atoms with E-state index in [9.17, 15) is 4.79 Å². The van der Waals surface area contributed by atoms with Gasteiger partial charge in [0, 0.05) is 24.5 Å². The van der Waals surface area contributed by atoms with Gasteiger partial charge in [0.1, 0.15) is 5.65 Å². The molecule has 0 fully saturated rings. The molecular formula is C13H17N3O2. The van der Waals surface area contributed by atoms with E-state index in [0.717, 1.165) is 12.1 Å². The zero-order valence-corrected chi connectivity index (χ0v) is 10.8. The Morgan fingerprint density at radius 2 is 2.11 bits per heavy atom. The lowest BCUT2D eigenvalue weighted by atomic mass is 10.1. The van der Waals surface area contributed by atoms with Crippen LogP contribution in [0.1, 0.15) is 36.8 Å². The summed E-state index contributed by atoms with van der Waals surface area (Å²) in [5.41, 5.74) is 1.85. The van der Waals surface area contributed by atoms with E-state index in [0.29, 0.717) is 5.65 Å². The lowest BCUT2D eigenvalue weighted by Gasteiger charge is -2.20. The molecule has 5 nitrogen and oxygen atoms in total. The van der Waals surface area contributed by atoms with E-state index in [1.165, 1.54) is 6.20 Å². The number of carboxylic acid groups (broad SMARTS) is 1. The topological polar surface area (TPSA) is 66.6 Å². The molecule has 2 aromatic heterocycles. The molecule has 0 aromatic carbocycles. The van der Waals surface area contributed by atoms with Crippen molar-refractivity contribution in [3.05, 3.63) is 35.8 Å². The van der Waals surface area contributed by atoms with E-state index in [1.54, 1.807) is 4.40 Å². The molecule has 0 saturated heterocycles. The van der Waals surface area contributed by atoms with Crippen molar-refractivity contribution in [1.82, 2.24) is 14.7 Å². The van der Waals surface area contributed by atoms with Crippen molar-refractivity contribution in [1.29, 1.82) is 0 Å². The normalized spacial score (nSPS) is 11.9. The lowest BCUT2D eigenvalue weighted by molar-refractivity contribution is 0.0691. The van der Waals surface area contributed by atoms with Gasteiger partial charge in [-0.3, -0.25) is 0 Å². The van der Waals surface area contributed by atoms with Crippen molar-refractivity contribution >= 4 is 11.6 Å². The summed E-state index contributed by atoms with van der Waals surface area (Å²) in [7, 11) is 0. The molecule has 0 aliphatic rings. The van der Waals surface area contributed by atoms with Crippen LogP contribution >= 0.6 is 0 Å². The SMILES string of the molecule is CC(C)(C)NCc1ccc2nc(C(=O)O)cn2c1. The number of aromatic nitrogens is 2. The predicted octanol–water partition coefficient (Wildman–Crippen LogP) is 1.92. The number of carbonyl (C=O) groups is 1. The van der Waals surface area contributed by atoms with E-state index in [4.69, 9.17) is 5.11 Å². The Morgan fingerprint density at radius 3 is 2.72 bits per heavy atom. The van der Waals surface area contributed by atoms with E-state index in [2.05, 4.69) is 31.1 Å². The number of pyridine rings is 1. The molecule has 0 aliphatic carbocycles. The molecule has 96 valence electrons. The third kappa shape index (κ3) is 2.87. The van der Waals surface area contributed by atoms with Crippen molar-refractivity contribution in [2.24, 2.45) is 0 Å². The number of carboxylic acids is 1. The van der Waals surface area contributed by atoms with E-state index in [1.807, 2.05) is 18.3 Å². The van der Waals surface area contributed by atoms with Gasteiger partial charge in [0.2, 0.25) is 0 Å². The van der Waals surface area contributed by atoms with Crippen LogP contribution in [-0.4, -0.2) is 26.0 Å². The molecule has 0 unspecified atom stereocenters. The Hall–Kier alpha value is -1.88. The summed E-state index contributed by atoms with van der Waals surface area (Å²) in [6, 6.07) is 3.78. The summed E-state index contributed by atoms with van der Waals surface area (Å²) in [5.74, 6) is -1.01. The number of hydrogen-bond donors (Lipinski definition) is 2. The standard InChI is InChI=1S/C13H17N3O2/c1-13(2,3)14-6-9-4-5-11-15-10(12(17)18)8-16(11)7-9/h4-5,7-8,14H,6H2,1-3H3,(H,17,18). The summed E-state index contributed by atoms with van der Waals surface area (Å²) in [6.07, 6.45) is 3.42. The van der Waals surface area contributed by atoms with Gasteiger partial charge >= 0.3 is 5.97 Å². The van der Waals surface area contributed by atoms with Crippen molar-refractivity contribution in [2.75, 3.05) is 0 Å². The summed E-state index contributed by atoms with van der Waals surface area (Å²) in [4.78, 5) is 14.8. The molecule has 0 bridgehead atoms. The monoisotopic (exact) mass is 247 g/mol. The third-order valence-corrected chi connectivity index (χ3v) is 2.55. The quantitative estimate of drug-likeness (QED) is 0.869. The average molecular weight is 247 g/mol. The van der Waals surface area contributed by atoms with E-state index >= 15 is 0 Å². The molecule has 0 amide bonds. The van der Waals surface area contributed by atoms with Crippen molar-refractivity contribution in [2.45, 2.75) is 32.9 Å². The Balaban J connectivity index is 2.24. The first-order valence-corrected chi connectivity index (χ1v) is 5.81. The van der Waals surface area contributed by atoms with Crippen LogP contribution in [0.3, 0.4) is 0 Å². The second-order valence-corrected chi connectivity index (χ2v) is 5.34. The van der Waals surface area contributed by atoms with Gasteiger partial charge < -0.3 is 14.8 Å². The summed E-state index contributed by atoms with van der Waals surface area (Å²) in [5, 5.41) is 12.3. The maximum absolute atomic E-state index is 10.8. The minimum Gasteiger partial charge on any atom is -0.476 e. The van der Waals surface area contributed by atoms with Gasteiger partial charge in [-0.05, 0) is 32.4 Å². The number of nitrogens with one attached hydrogen (secondary N) is 1. The van der Waals surface area contributed by atoms with E-state index < -0.39 is 5.97 Å². The number of imidazole rings is 1. The Bertz CT molecular complexity index is 581. The number of nitrogens with zero attached hydrogens (tertiary/aromatic N) is 2. The van der Waals surface area contributed by atoms with Crippen LogP contribution in [0.15, 0.2) is 24.5 Å². The summed E-state index contributed by atoms with van der Waals surface area (Å²) >= 11 is 0. The molecule has 2 heterocycles. The number of hydrogen-bond acceptors (Lipinski definition) is 3. The first-order valence-electron chi connectivity index (χ1n) is 5.81. The highest BCUT2D eigenvalue weighted by molar-refractivity contribution is 5.86. The molecule has 0 saturated carbocycles. The van der Waals surface area contributed by atoms with Crippen LogP contribution in [0.5, 0.6) is 0 Å². The zero-order valence-electron chi connectivity index (χ0n) is 10.8. The molecule has 2 rings (SSSR count). The first-order chi connectivity index (χ1) is 8.35. The Labute approximate surface area is 105 Å². The Morgan fingerprint density at radius 1 is 1.39 bits per heavy atom. The zero-order chi connectivity index (χ0) is 13.3. The third-order valence-electron chi connectivity index (χ3n) is 2.55. The second-order valence-electron chi connectivity index (χ2n) is 5.34. The van der Waals surface area contributed by atoms with Crippen molar-refractivity contribution < 1.29 is 9.90 Å². The van der Waals surface area contributed by atoms with Crippen LogP contribution < -0.4 is 5.32 Å². The lowest BCUT2D eigenvalue weighted by Crippen LogP contribution is -2.35. The highest BCUT2D eigenvalue weighted by Gasteiger charge is 2.10. The van der Waals surface area contributed by atoms with Gasteiger partial charge in [0.05, 0.1) is 0 Å². The van der Waals surface area contributed by atoms with Crippen molar-refractivity contribution in [3.63, 3.8) is 0 Å².